The number of likely N-dealkylation sites (tertiary alicyclic amines) is 1. The van der Waals surface area contributed by atoms with E-state index in [1.165, 1.54) is 0 Å². The van der Waals surface area contributed by atoms with Gasteiger partial charge in [-0.15, -0.1) is 0 Å². The van der Waals surface area contributed by atoms with Crippen LogP contribution in [-0.4, -0.2) is 33.6 Å². The Hall–Kier alpha value is -3.15. The van der Waals surface area contributed by atoms with E-state index in [0.29, 0.717) is 31.2 Å². The Bertz CT molecular complexity index is 1040. The highest BCUT2D eigenvalue weighted by atomic mass is 16.5. The van der Waals surface area contributed by atoms with Crippen LogP contribution in [0.15, 0.2) is 47.0 Å². The first kappa shape index (κ1) is 20.1. The molecule has 0 saturated carbocycles. The fourth-order valence-corrected chi connectivity index (χ4v) is 3.74. The second-order valence-corrected chi connectivity index (χ2v) is 8.26. The summed E-state index contributed by atoms with van der Waals surface area (Å²) in [4.78, 5) is 19.0. The molecule has 1 saturated heterocycles. The highest BCUT2D eigenvalue weighted by Crippen LogP contribution is 2.30. The van der Waals surface area contributed by atoms with Crippen molar-refractivity contribution in [3.05, 3.63) is 65.0 Å². The van der Waals surface area contributed by atoms with Crippen LogP contribution in [0.2, 0.25) is 0 Å². The van der Waals surface area contributed by atoms with E-state index in [1.807, 2.05) is 56.9 Å². The number of aryl methyl sites for hydroxylation is 2. The first-order valence-electron chi connectivity index (χ1n) is 10.3. The standard InChI is InChI=1S/C24H27N3O3/c1-15(2)29-20-9-7-18(8-10-20)13-27-14-19(12-22(27)28)24-25-23(26-30-24)21-11-16(3)5-6-17(21)4/h5-11,15,19H,12-14H2,1-4H3. The molecule has 156 valence electrons. The van der Waals surface area contributed by atoms with Gasteiger partial charge in [-0.2, -0.15) is 4.98 Å². The summed E-state index contributed by atoms with van der Waals surface area (Å²) in [5.74, 6) is 1.98. The Morgan fingerprint density at radius 3 is 2.67 bits per heavy atom. The Balaban J connectivity index is 1.44. The molecule has 2 heterocycles. The van der Waals surface area contributed by atoms with E-state index in [1.54, 1.807) is 0 Å². The van der Waals surface area contributed by atoms with Gasteiger partial charge in [-0.05, 0) is 57.0 Å². The summed E-state index contributed by atoms with van der Waals surface area (Å²) >= 11 is 0. The first-order valence-corrected chi connectivity index (χ1v) is 10.3. The number of hydrogen-bond donors (Lipinski definition) is 0. The van der Waals surface area contributed by atoms with Crippen molar-refractivity contribution in [2.75, 3.05) is 6.54 Å². The number of benzene rings is 2. The lowest BCUT2D eigenvalue weighted by atomic mass is 10.1. The van der Waals surface area contributed by atoms with Crippen molar-refractivity contribution in [2.45, 2.75) is 52.7 Å². The number of carbonyl (C=O) groups is 1. The fourth-order valence-electron chi connectivity index (χ4n) is 3.74. The molecule has 1 fully saturated rings. The molecular weight excluding hydrogens is 378 g/mol. The van der Waals surface area contributed by atoms with Gasteiger partial charge in [-0.25, -0.2) is 0 Å². The van der Waals surface area contributed by atoms with Crippen molar-refractivity contribution in [3.63, 3.8) is 0 Å². The lowest BCUT2D eigenvalue weighted by molar-refractivity contribution is -0.128. The summed E-state index contributed by atoms with van der Waals surface area (Å²) in [6.45, 7) is 9.22. The molecule has 0 bridgehead atoms. The summed E-state index contributed by atoms with van der Waals surface area (Å²) in [7, 11) is 0. The second kappa shape index (κ2) is 8.30. The van der Waals surface area contributed by atoms with E-state index in [9.17, 15) is 4.79 Å². The molecule has 30 heavy (non-hydrogen) atoms. The molecule has 1 aromatic heterocycles. The number of amides is 1. The zero-order valence-electron chi connectivity index (χ0n) is 17.9. The highest BCUT2D eigenvalue weighted by Gasteiger charge is 2.34. The zero-order chi connectivity index (χ0) is 21.3. The van der Waals surface area contributed by atoms with E-state index in [2.05, 4.69) is 28.3 Å². The summed E-state index contributed by atoms with van der Waals surface area (Å²) in [6, 6.07) is 14.1. The minimum atomic E-state index is -0.0765. The van der Waals surface area contributed by atoms with Gasteiger partial charge in [0.25, 0.3) is 0 Å². The topological polar surface area (TPSA) is 68.5 Å². The van der Waals surface area contributed by atoms with Gasteiger partial charge in [0.2, 0.25) is 17.6 Å². The number of aromatic nitrogens is 2. The number of ether oxygens (including phenoxy) is 1. The van der Waals surface area contributed by atoms with E-state index in [4.69, 9.17) is 9.26 Å². The molecule has 1 aliphatic heterocycles. The van der Waals surface area contributed by atoms with Crippen molar-refractivity contribution in [1.82, 2.24) is 15.0 Å². The molecule has 1 aliphatic rings. The Morgan fingerprint density at radius 1 is 1.17 bits per heavy atom. The molecule has 0 aliphatic carbocycles. The third-order valence-electron chi connectivity index (χ3n) is 5.31. The molecule has 0 spiro atoms. The number of carbonyl (C=O) groups excluding carboxylic acids is 1. The van der Waals surface area contributed by atoms with Gasteiger partial charge in [-0.3, -0.25) is 4.79 Å². The van der Waals surface area contributed by atoms with Crippen LogP contribution < -0.4 is 4.74 Å². The Kier molecular flexibility index (Phi) is 5.57. The van der Waals surface area contributed by atoms with Crippen LogP contribution >= 0.6 is 0 Å². The predicted octanol–water partition coefficient (Wildman–Crippen LogP) is 4.66. The maximum atomic E-state index is 12.6. The molecule has 4 rings (SSSR count). The van der Waals surface area contributed by atoms with Crippen molar-refractivity contribution < 1.29 is 14.1 Å². The van der Waals surface area contributed by atoms with Crippen LogP contribution in [0.4, 0.5) is 0 Å². The minimum Gasteiger partial charge on any atom is -0.491 e. The molecule has 1 unspecified atom stereocenters. The van der Waals surface area contributed by atoms with Crippen molar-refractivity contribution in [2.24, 2.45) is 0 Å². The molecule has 6 heteroatoms. The number of hydrogen-bond acceptors (Lipinski definition) is 5. The lowest BCUT2D eigenvalue weighted by Crippen LogP contribution is -2.24. The van der Waals surface area contributed by atoms with Crippen molar-refractivity contribution >= 4 is 5.91 Å². The first-order chi connectivity index (χ1) is 14.4. The van der Waals surface area contributed by atoms with Crippen LogP contribution in [0.1, 0.15) is 48.8 Å². The number of nitrogens with zero attached hydrogens (tertiary/aromatic N) is 3. The van der Waals surface area contributed by atoms with Gasteiger partial charge in [0.05, 0.1) is 12.0 Å². The summed E-state index contributed by atoms with van der Waals surface area (Å²) < 4.78 is 11.2. The van der Waals surface area contributed by atoms with Gasteiger partial charge < -0.3 is 14.2 Å². The highest BCUT2D eigenvalue weighted by molar-refractivity contribution is 5.79. The van der Waals surface area contributed by atoms with Crippen molar-refractivity contribution in [3.8, 4) is 17.1 Å². The van der Waals surface area contributed by atoms with Crippen molar-refractivity contribution in [1.29, 1.82) is 0 Å². The molecule has 2 aromatic carbocycles. The molecule has 3 aromatic rings. The van der Waals surface area contributed by atoms with Crippen LogP contribution in [0.3, 0.4) is 0 Å². The fraction of sp³-hybridized carbons (Fsp3) is 0.375. The Morgan fingerprint density at radius 2 is 1.93 bits per heavy atom. The smallest absolute Gasteiger partial charge is 0.232 e. The van der Waals surface area contributed by atoms with Crippen LogP contribution in [0.25, 0.3) is 11.4 Å². The number of rotatable bonds is 6. The van der Waals surface area contributed by atoms with Gasteiger partial charge in [0, 0.05) is 25.1 Å². The SMILES string of the molecule is Cc1ccc(C)c(-c2noc(C3CC(=O)N(Cc4ccc(OC(C)C)cc4)C3)n2)c1. The molecule has 0 radical (unpaired) electrons. The molecule has 0 N–H and O–H groups in total. The maximum Gasteiger partial charge on any atom is 0.232 e. The summed E-state index contributed by atoms with van der Waals surface area (Å²) in [5, 5.41) is 4.17. The largest absolute Gasteiger partial charge is 0.491 e. The van der Waals surface area contributed by atoms with Crippen LogP contribution in [-0.2, 0) is 11.3 Å². The van der Waals surface area contributed by atoms with Crippen LogP contribution in [0.5, 0.6) is 5.75 Å². The molecule has 1 atom stereocenters. The zero-order valence-corrected chi connectivity index (χ0v) is 17.9. The average Bonchev–Trinajstić information content (AvgIpc) is 3.32. The van der Waals surface area contributed by atoms with E-state index >= 15 is 0 Å². The van der Waals surface area contributed by atoms with Crippen LogP contribution in [0, 0.1) is 13.8 Å². The predicted molar refractivity (Wildman–Crippen MR) is 114 cm³/mol. The monoisotopic (exact) mass is 405 g/mol. The second-order valence-electron chi connectivity index (χ2n) is 8.26. The van der Waals surface area contributed by atoms with E-state index in [0.717, 1.165) is 28.0 Å². The van der Waals surface area contributed by atoms with Gasteiger partial charge >= 0.3 is 0 Å². The maximum absolute atomic E-state index is 12.6. The third-order valence-corrected chi connectivity index (χ3v) is 5.31. The molecular formula is C24H27N3O3. The van der Waals surface area contributed by atoms with E-state index < -0.39 is 0 Å². The summed E-state index contributed by atoms with van der Waals surface area (Å²) in [6.07, 6.45) is 0.530. The lowest BCUT2D eigenvalue weighted by Gasteiger charge is -2.16. The van der Waals surface area contributed by atoms with Gasteiger partial charge in [-0.1, -0.05) is 35.0 Å². The van der Waals surface area contributed by atoms with E-state index in [-0.39, 0.29) is 17.9 Å². The summed E-state index contributed by atoms with van der Waals surface area (Å²) in [5.41, 5.74) is 4.28. The minimum absolute atomic E-state index is 0.0765. The third kappa shape index (κ3) is 4.37. The molecule has 1 amide bonds. The van der Waals surface area contributed by atoms with Gasteiger partial charge in [0.1, 0.15) is 5.75 Å². The quantitative estimate of drug-likeness (QED) is 0.597. The average molecular weight is 405 g/mol. The van der Waals surface area contributed by atoms with Gasteiger partial charge in [0.15, 0.2) is 0 Å². The normalized spacial score (nSPS) is 16.5. The molecule has 6 nitrogen and oxygen atoms in total. The Labute approximate surface area is 176 Å².